The van der Waals surface area contributed by atoms with Gasteiger partial charge in [0.15, 0.2) is 0 Å². The average Bonchev–Trinajstić information content (AvgIpc) is 2.62. The highest BCUT2D eigenvalue weighted by Gasteiger charge is 2.02. The van der Waals surface area contributed by atoms with E-state index in [4.69, 9.17) is 0 Å². The van der Waals surface area contributed by atoms with Crippen LogP contribution >= 0.6 is 12.4 Å². The van der Waals surface area contributed by atoms with Gasteiger partial charge in [0.05, 0.1) is 6.54 Å². The van der Waals surface area contributed by atoms with Crippen LogP contribution in [0.3, 0.4) is 0 Å². The fourth-order valence-corrected chi connectivity index (χ4v) is 1.71. The molecule has 0 aliphatic carbocycles. The molecule has 3 rings (SSSR count). The molecule has 0 saturated carbocycles. The highest BCUT2D eigenvalue weighted by Crippen LogP contribution is 2.04. The number of benzene rings is 1. The number of rotatable bonds is 0. The Labute approximate surface area is 81.4 Å². The van der Waals surface area contributed by atoms with Crippen molar-refractivity contribution < 1.29 is 0 Å². The molecule has 2 nitrogen and oxygen atoms in total. The number of H-pyrrole nitrogens is 1. The third-order valence-corrected chi connectivity index (χ3v) is 2.27. The summed E-state index contributed by atoms with van der Waals surface area (Å²) in [5, 5.41) is 2.55. The third kappa shape index (κ3) is 1.06. The Morgan fingerprint density at radius 2 is 2.08 bits per heavy atom. The molecule has 1 aliphatic rings. The summed E-state index contributed by atoms with van der Waals surface area (Å²) in [5.41, 5.74) is 2.22. The summed E-state index contributed by atoms with van der Waals surface area (Å²) in [6, 6.07) is 8.30. The van der Waals surface area contributed by atoms with Gasteiger partial charge in [0.1, 0.15) is 5.49 Å². The van der Waals surface area contributed by atoms with Crippen LogP contribution in [0.25, 0.3) is 17.0 Å². The standard InChI is InChI=1S/C10H8N2.ClH/c1-2-4-9-7(3-1)8-5-6-11-10(8)12-9;/h1-5H,6H2,(H,11,12);1H. The molecule has 1 aromatic heterocycles. The number of hydrogen-bond acceptors (Lipinski definition) is 1. The SMILES string of the molecule is C1=c2c([nH]c3ccccc23)=NC1.Cl. The molecular weight excluding hydrogens is 184 g/mol. The monoisotopic (exact) mass is 192 g/mol. The lowest BCUT2D eigenvalue weighted by atomic mass is 10.2. The Bertz CT molecular complexity index is 554. The number of hydrogen-bond donors (Lipinski definition) is 1. The van der Waals surface area contributed by atoms with E-state index in [1.54, 1.807) is 0 Å². The van der Waals surface area contributed by atoms with Gasteiger partial charge in [-0.15, -0.1) is 12.4 Å². The molecule has 66 valence electrons. The minimum Gasteiger partial charge on any atom is -0.340 e. The van der Waals surface area contributed by atoms with Gasteiger partial charge in [0.25, 0.3) is 0 Å². The number of fused-ring (bicyclic) bond motifs is 3. The first-order valence-corrected chi connectivity index (χ1v) is 4.06. The number of nitrogens with zero attached hydrogens (tertiary/aromatic N) is 1. The van der Waals surface area contributed by atoms with Crippen molar-refractivity contribution in [2.24, 2.45) is 4.99 Å². The Morgan fingerprint density at radius 3 is 3.00 bits per heavy atom. The number of para-hydroxylation sites is 1. The summed E-state index contributed by atoms with van der Waals surface area (Å²) in [6.45, 7) is 0.825. The van der Waals surface area contributed by atoms with Gasteiger partial charge in [0, 0.05) is 16.1 Å². The van der Waals surface area contributed by atoms with Crippen LogP contribution < -0.4 is 10.7 Å². The summed E-state index contributed by atoms with van der Waals surface area (Å²) >= 11 is 0. The molecule has 0 atom stereocenters. The van der Waals surface area contributed by atoms with Crippen LogP contribution in [0.15, 0.2) is 29.3 Å². The van der Waals surface area contributed by atoms with Crippen molar-refractivity contribution in [3.63, 3.8) is 0 Å². The van der Waals surface area contributed by atoms with E-state index in [2.05, 4.69) is 34.3 Å². The van der Waals surface area contributed by atoms with Crippen LogP contribution in [0.5, 0.6) is 0 Å². The molecule has 0 spiro atoms. The van der Waals surface area contributed by atoms with Crippen LogP contribution in [0, 0.1) is 0 Å². The molecule has 0 radical (unpaired) electrons. The van der Waals surface area contributed by atoms with Crippen molar-refractivity contribution in [1.82, 2.24) is 4.98 Å². The Hall–Kier alpha value is -1.28. The minimum absolute atomic E-state index is 0. The summed E-state index contributed by atoms with van der Waals surface area (Å²) in [5.74, 6) is 0. The molecule has 1 aromatic carbocycles. The summed E-state index contributed by atoms with van der Waals surface area (Å²) in [4.78, 5) is 7.60. The van der Waals surface area contributed by atoms with E-state index < -0.39 is 0 Å². The van der Waals surface area contributed by atoms with Gasteiger partial charge in [-0.1, -0.05) is 24.3 Å². The third-order valence-electron chi connectivity index (χ3n) is 2.27. The zero-order valence-electron chi connectivity index (χ0n) is 6.95. The largest absolute Gasteiger partial charge is 0.340 e. The second kappa shape index (κ2) is 2.89. The van der Waals surface area contributed by atoms with E-state index in [-0.39, 0.29) is 12.4 Å². The van der Waals surface area contributed by atoms with Crippen molar-refractivity contribution in [2.45, 2.75) is 0 Å². The zero-order valence-corrected chi connectivity index (χ0v) is 7.77. The van der Waals surface area contributed by atoms with Crippen LogP contribution in [-0.2, 0) is 0 Å². The van der Waals surface area contributed by atoms with Crippen LogP contribution in [0.2, 0.25) is 0 Å². The fourth-order valence-electron chi connectivity index (χ4n) is 1.71. The number of nitrogens with one attached hydrogen (secondary N) is 1. The Morgan fingerprint density at radius 1 is 1.23 bits per heavy atom. The highest BCUT2D eigenvalue weighted by atomic mass is 35.5. The number of halogens is 1. The normalized spacial score (nSPS) is 12.9. The van der Waals surface area contributed by atoms with E-state index in [0.717, 1.165) is 12.0 Å². The van der Waals surface area contributed by atoms with Gasteiger partial charge >= 0.3 is 0 Å². The first-order chi connectivity index (χ1) is 5.95. The van der Waals surface area contributed by atoms with E-state index >= 15 is 0 Å². The Balaban J connectivity index is 0.000000653. The van der Waals surface area contributed by atoms with Gasteiger partial charge in [-0.2, -0.15) is 0 Å². The van der Waals surface area contributed by atoms with Gasteiger partial charge in [0.2, 0.25) is 0 Å². The maximum atomic E-state index is 4.33. The first-order valence-electron chi connectivity index (χ1n) is 4.06. The van der Waals surface area contributed by atoms with Crippen LogP contribution in [-0.4, -0.2) is 11.5 Å². The second-order valence-electron chi connectivity index (χ2n) is 2.98. The molecule has 0 fully saturated rings. The predicted octanol–water partition coefficient (Wildman–Crippen LogP) is 1.00. The first kappa shape index (κ1) is 8.32. The van der Waals surface area contributed by atoms with Crippen molar-refractivity contribution in [3.8, 4) is 0 Å². The number of aromatic amines is 1. The number of aromatic nitrogens is 1. The maximum absolute atomic E-state index is 4.33. The average molecular weight is 193 g/mol. The molecule has 1 N–H and O–H groups in total. The zero-order chi connectivity index (χ0) is 7.97. The molecule has 0 bridgehead atoms. The van der Waals surface area contributed by atoms with E-state index in [9.17, 15) is 0 Å². The molecule has 0 saturated heterocycles. The summed E-state index contributed by atoms with van der Waals surface area (Å²) < 4.78 is 0. The van der Waals surface area contributed by atoms with E-state index in [1.165, 1.54) is 16.1 Å². The summed E-state index contributed by atoms with van der Waals surface area (Å²) in [6.07, 6.45) is 2.16. The van der Waals surface area contributed by atoms with Crippen molar-refractivity contribution >= 4 is 29.4 Å². The van der Waals surface area contributed by atoms with E-state index in [1.807, 2.05) is 6.07 Å². The van der Waals surface area contributed by atoms with Gasteiger partial charge in [-0.05, 0) is 6.07 Å². The lowest BCUT2D eigenvalue weighted by Crippen LogP contribution is -2.18. The molecular formula is C10H9ClN2. The van der Waals surface area contributed by atoms with Gasteiger partial charge in [-0.25, -0.2) is 0 Å². The minimum atomic E-state index is 0. The molecule has 0 unspecified atom stereocenters. The molecule has 2 aromatic rings. The predicted molar refractivity (Wildman–Crippen MR) is 55.7 cm³/mol. The fraction of sp³-hybridized carbons (Fsp3) is 0.100. The maximum Gasteiger partial charge on any atom is 0.133 e. The molecule has 0 amide bonds. The Kier molecular flexibility index (Phi) is 1.85. The molecule has 1 aliphatic heterocycles. The van der Waals surface area contributed by atoms with E-state index in [0.29, 0.717) is 0 Å². The molecule has 13 heavy (non-hydrogen) atoms. The van der Waals surface area contributed by atoms with Crippen molar-refractivity contribution in [1.29, 1.82) is 0 Å². The summed E-state index contributed by atoms with van der Waals surface area (Å²) in [7, 11) is 0. The molecule has 2 heterocycles. The van der Waals surface area contributed by atoms with Crippen LogP contribution in [0.1, 0.15) is 0 Å². The molecule has 3 heteroatoms. The topological polar surface area (TPSA) is 28.1 Å². The smallest absolute Gasteiger partial charge is 0.133 e. The highest BCUT2D eigenvalue weighted by molar-refractivity contribution is 5.85. The van der Waals surface area contributed by atoms with Crippen molar-refractivity contribution in [3.05, 3.63) is 35.0 Å². The second-order valence-corrected chi connectivity index (χ2v) is 2.98. The lowest BCUT2D eigenvalue weighted by Gasteiger charge is -1.85. The van der Waals surface area contributed by atoms with Gasteiger partial charge < -0.3 is 4.98 Å². The van der Waals surface area contributed by atoms with Crippen LogP contribution in [0.4, 0.5) is 0 Å². The van der Waals surface area contributed by atoms with Crippen molar-refractivity contribution in [2.75, 3.05) is 6.54 Å². The van der Waals surface area contributed by atoms with Gasteiger partial charge in [-0.3, -0.25) is 4.99 Å². The lowest BCUT2D eigenvalue weighted by molar-refractivity contribution is 1.15. The quantitative estimate of drug-likeness (QED) is 0.646.